The van der Waals surface area contributed by atoms with Crippen LogP contribution in [-0.4, -0.2) is 35.3 Å². The lowest BCUT2D eigenvalue weighted by Gasteiger charge is -2.40. The zero-order valence-electron chi connectivity index (χ0n) is 10.1. The second-order valence-corrected chi connectivity index (χ2v) is 4.74. The molecule has 1 saturated heterocycles. The molecule has 0 amide bonds. The molecule has 1 unspecified atom stereocenters. The van der Waals surface area contributed by atoms with Gasteiger partial charge >= 0.3 is 5.97 Å². The van der Waals surface area contributed by atoms with Crippen molar-refractivity contribution in [1.29, 1.82) is 0 Å². The highest BCUT2D eigenvalue weighted by Gasteiger charge is 2.61. The first-order valence-electron chi connectivity index (χ1n) is 5.84. The smallest absolute Gasteiger partial charge is 0.318 e. The van der Waals surface area contributed by atoms with Gasteiger partial charge in [0, 0.05) is 6.42 Å². The third-order valence-corrected chi connectivity index (χ3v) is 3.43. The van der Waals surface area contributed by atoms with Crippen LogP contribution in [0.25, 0.3) is 0 Å². The van der Waals surface area contributed by atoms with Gasteiger partial charge in [-0.1, -0.05) is 12.1 Å². The monoisotopic (exact) mass is 272 g/mol. The molecule has 0 bridgehead atoms. The molecule has 0 aliphatic carbocycles. The summed E-state index contributed by atoms with van der Waals surface area (Å²) in [6.45, 7) is -0.687. The molecule has 0 spiro atoms. The number of phenolic OH excluding ortho intramolecular Hbond substituents is 1. The lowest BCUT2D eigenvalue weighted by molar-refractivity contribution is -0.215. The van der Waals surface area contributed by atoms with Crippen LogP contribution in [0, 0.1) is 5.41 Å². The van der Waals surface area contributed by atoms with Crippen molar-refractivity contribution >= 4 is 5.97 Å². The Kier molecular flexibility index (Phi) is 3.45. The maximum atomic E-state index is 14.0. The van der Waals surface area contributed by atoms with Gasteiger partial charge in [-0.25, -0.2) is 8.78 Å². The fourth-order valence-corrected chi connectivity index (χ4v) is 2.28. The topological polar surface area (TPSA) is 66.8 Å². The predicted octanol–water partition coefficient (Wildman–Crippen LogP) is 2.06. The van der Waals surface area contributed by atoms with Crippen LogP contribution >= 0.6 is 0 Å². The average molecular weight is 272 g/mol. The van der Waals surface area contributed by atoms with E-state index in [1.807, 2.05) is 0 Å². The molecule has 0 aromatic heterocycles. The molecular weight excluding hydrogens is 258 g/mol. The molecule has 1 atom stereocenters. The summed E-state index contributed by atoms with van der Waals surface area (Å²) in [5.41, 5.74) is -1.94. The number of phenols is 1. The third-order valence-electron chi connectivity index (χ3n) is 3.43. The Labute approximate surface area is 108 Å². The van der Waals surface area contributed by atoms with Gasteiger partial charge in [-0.15, -0.1) is 0 Å². The largest absolute Gasteiger partial charge is 0.508 e. The van der Waals surface area contributed by atoms with Crippen molar-refractivity contribution in [3.8, 4) is 5.75 Å². The zero-order valence-corrected chi connectivity index (χ0v) is 10.1. The fourth-order valence-electron chi connectivity index (χ4n) is 2.28. The maximum Gasteiger partial charge on any atom is 0.318 e. The van der Waals surface area contributed by atoms with Crippen LogP contribution < -0.4 is 0 Å². The number of carboxylic acids is 1. The first kappa shape index (κ1) is 13.7. The standard InChI is InChI=1S/C13H14F2O4/c14-13(15)4-5-19-8-12(13,11(17)18)7-9-2-1-3-10(16)6-9/h1-3,6,16H,4-5,7-8H2,(H,17,18). The normalized spacial score (nSPS) is 26.0. The van der Waals surface area contributed by atoms with E-state index in [1.165, 1.54) is 24.3 Å². The number of benzene rings is 1. The van der Waals surface area contributed by atoms with E-state index in [9.17, 15) is 23.8 Å². The van der Waals surface area contributed by atoms with Gasteiger partial charge in [0.05, 0.1) is 13.2 Å². The van der Waals surface area contributed by atoms with Crippen molar-refractivity contribution in [2.24, 2.45) is 5.41 Å². The third kappa shape index (κ3) is 2.40. The molecule has 1 aliphatic heterocycles. The Morgan fingerprint density at radius 1 is 1.42 bits per heavy atom. The highest BCUT2D eigenvalue weighted by atomic mass is 19.3. The number of alkyl halides is 2. The number of aliphatic carboxylic acids is 1. The Bertz CT molecular complexity index is 489. The lowest BCUT2D eigenvalue weighted by Crippen LogP contribution is -2.55. The Morgan fingerprint density at radius 2 is 2.16 bits per heavy atom. The fraction of sp³-hybridized carbons (Fsp3) is 0.462. The molecule has 0 saturated carbocycles. The molecule has 1 aromatic carbocycles. The molecule has 1 heterocycles. The van der Waals surface area contributed by atoms with Crippen LogP contribution in [-0.2, 0) is 16.0 Å². The molecule has 1 fully saturated rings. The molecule has 19 heavy (non-hydrogen) atoms. The van der Waals surface area contributed by atoms with E-state index in [-0.39, 0.29) is 18.8 Å². The van der Waals surface area contributed by atoms with Gasteiger partial charge in [0.15, 0.2) is 5.41 Å². The summed E-state index contributed by atoms with van der Waals surface area (Å²) in [6, 6.07) is 5.68. The molecule has 2 N–H and O–H groups in total. The second-order valence-electron chi connectivity index (χ2n) is 4.74. The highest BCUT2D eigenvalue weighted by Crippen LogP contribution is 2.45. The van der Waals surface area contributed by atoms with Crippen molar-refractivity contribution < 1.29 is 28.5 Å². The van der Waals surface area contributed by atoms with Gasteiger partial charge in [-0.3, -0.25) is 4.79 Å². The summed E-state index contributed by atoms with van der Waals surface area (Å²) >= 11 is 0. The molecule has 6 heteroatoms. The van der Waals surface area contributed by atoms with Crippen LogP contribution in [0.3, 0.4) is 0 Å². The van der Waals surface area contributed by atoms with Crippen molar-refractivity contribution in [3.05, 3.63) is 29.8 Å². The summed E-state index contributed by atoms with van der Waals surface area (Å²) < 4.78 is 33.0. The minimum Gasteiger partial charge on any atom is -0.508 e. The molecule has 4 nitrogen and oxygen atoms in total. The number of carbonyl (C=O) groups is 1. The van der Waals surface area contributed by atoms with E-state index in [0.29, 0.717) is 5.56 Å². The molecular formula is C13H14F2O4. The summed E-state index contributed by atoms with van der Waals surface area (Å²) in [5.74, 6) is -5.01. The lowest BCUT2D eigenvalue weighted by atomic mass is 9.74. The quantitative estimate of drug-likeness (QED) is 0.884. The Morgan fingerprint density at radius 3 is 2.74 bits per heavy atom. The van der Waals surface area contributed by atoms with Gasteiger partial charge in [0.1, 0.15) is 5.75 Å². The van der Waals surface area contributed by atoms with Crippen LogP contribution in [0.2, 0.25) is 0 Å². The van der Waals surface area contributed by atoms with Crippen LogP contribution in [0.4, 0.5) is 8.78 Å². The zero-order chi connectivity index (χ0) is 14.1. The van der Waals surface area contributed by atoms with E-state index in [1.54, 1.807) is 0 Å². The summed E-state index contributed by atoms with van der Waals surface area (Å²) in [5, 5.41) is 18.6. The van der Waals surface area contributed by atoms with E-state index >= 15 is 0 Å². The van der Waals surface area contributed by atoms with E-state index in [0.717, 1.165) is 0 Å². The van der Waals surface area contributed by atoms with E-state index in [2.05, 4.69) is 0 Å². The van der Waals surface area contributed by atoms with Crippen LogP contribution in [0.15, 0.2) is 24.3 Å². The molecule has 0 radical (unpaired) electrons. The van der Waals surface area contributed by atoms with Crippen molar-refractivity contribution in [2.45, 2.75) is 18.8 Å². The summed E-state index contributed by atoms with van der Waals surface area (Å²) in [7, 11) is 0. The van der Waals surface area contributed by atoms with Crippen molar-refractivity contribution in [2.75, 3.05) is 13.2 Å². The first-order valence-corrected chi connectivity index (χ1v) is 5.84. The molecule has 2 rings (SSSR count). The minimum atomic E-state index is -3.34. The number of aromatic hydroxyl groups is 1. The number of rotatable bonds is 3. The highest BCUT2D eigenvalue weighted by molar-refractivity contribution is 5.77. The molecule has 104 valence electrons. The van der Waals surface area contributed by atoms with E-state index < -0.39 is 30.3 Å². The molecule has 1 aliphatic rings. The first-order chi connectivity index (χ1) is 8.87. The van der Waals surface area contributed by atoms with Gasteiger partial charge in [-0.05, 0) is 24.1 Å². The van der Waals surface area contributed by atoms with Crippen molar-refractivity contribution in [1.82, 2.24) is 0 Å². The Hall–Kier alpha value is -1.69. The van der Waals surface area contributed by atoms with Gasteiger partial charge in [0.2, 0.25) is 0 Å². The number of ether oxygens (including phenoxy) is 1. The summed E-state index contributed by atoms with van der Waals surface area (Å²) in [6.07, 6.45) is -0.998. The number of hydrogen-bond donors (Lipinski definition) is 2. The average Bonchev–Trinajstić information content (AvgIpc) is 2.31. The maximum absolute atomic E-state index is 14.0. The van der Waals surface area contributed by atoms with Crippen LogP contribution in [0.1, 0.15) is 12.0 Å². The number of carboxylic acid groups (broad SMARTS) is 1. The predicted molar refractivity (Wildman–Crippen MR) is 62.3 cm³/mol. The second kappa shape index (κ2) is 4.77. The van der Waals surface area contributed by atoms with E-state index in [4.69, 9.17) is 4.74 Å². The number of halogens is 2. The van der Waals surface area contributed by atoms with Crippen LogP contribution in [0.5, 0.6) is 5.75 Å². The molecule has 1 aromatic rings. The van der Waals surface area contributed by atoms with Gasteiger partial charge < -0.3 is 14.9 Å². The minimum absolute atomic E-state index is 0.0851. The number of hydrogen-bond acceptors (Lipinski definition) is 3. The summed E-state index contributed by atoms with van der Waals surface area (Å²) in [4.78, 5) is 11.4. The van der Waals surface area contributed by atoms with Gasteiger partial charge in [-0.2, -0.15) is 0 Å². The van der Waals surface area contributed by atoms with Gasteiger partial charge in [0.25, 0.3) is 5.92 Å². The van der Waals surface area contributed by atoms with Crippen molar-refractivity contribution in [3.63, 3.8) is 0 Å². The Balaban J connectivity index is 2.37. The SMILES string of the molecule is O=C(O)C1(Cc2cccc(O)c2)COCCC1(F)F.